The fourth-order valence-electron chi connectivity index (χ4n) is 1.56. The van der Waals surface area contributed by atoms with Gasteiger partial charge in [-0.15, -0.1) is 0 Å². The molecule has 90 valence electrons. The topological polar surface area (TPSA) is 13.6 Å². The average Bonchev–Trinajstić information content (AvgIpc) is 2.42. The second kappa shape index (κ2) is 5.33. The number of halogens is 1. The number of ether oxygens (including phenoxy) is 1. The number of aryl methyl sites for hydroxylation is 1. The highest BCUT2D eigenvalue weighted by molar-refractivity contribution is 5.48. The Morgan fingerprint density at radius 3 is 2.44 bits per heavy atom. The van der Waals surface area contributed by atoms with Gasteiger partial charge in [0.2, 0.25) is 0 Å². The van der Waals surface area contributed by atoms with Crippen LogP contribution in [0.3, 0.4) is 0 Å². The van der Waals surface area contributed by atoms with Crippen molar-refractivity contribution in [1.82, 2.24) is 0 Å². The minimum absolute atomic E-state index is 0.131. The van der Waals surface area contributed by atoms with Crippen LogP contribution in [-0.4, -0.2) is 0 Å². The SMILES string of the molecule is [C-]#[N+]c1ccc(Oc2ccc(CC)cc2)c(F)c1. The van der Waals surface area contributed by atoms with Crippen LogP contribution in [0.2, 0.25) is 0 Å². The molecule has 0 aliphatic heterocycles. The first kappa shape index (κ1) is 12.1. The molecule has 2 aromatic rings. The normalized spacial score (nSPS) is 9.83. The van der Waals surface area contributed by atoms with Crippen LogP contribution in [0.1, 0.15) is 12.5 Å². The minimum Gasteiger partial charge on any atom is -0.454 e. The van der Waals surface area contributed by atoms with Crippen LogP contribution in [0.4, 0.5) is 10.1 Å². The molecular formula is C15H12FNO. The molecule has 0 atom stereocenters. The van der Waals surface area contributed by atoms with Crippen LogP contribution < -0.4 is 4.74 Å². The summed E-state index contributed by atoms with van der Waals surface area (Å²) in [5.41, 5.74) is 1.47. The molecule has 0 aliphatic rings. The van der Waals surface area contributed by atoms with Crippen molar-refractivity contribution >= 4 is 5.69 Å². The quantitative estimate of drug-likeness (QED) is 0.708. The standard InChI is InChI=1S/C15H12FNO/c1-3-11-4-7-13(8-5-11)18-15-9-6-12(17-2)10-14(15)16/h4-10H,3H2,1H3. The van der Waals surface area contributed by atoms with E-state index in [0.29, 0.717) is 5.75 Å². The van der Waals surface area contributed by atoms with Crippen molar-refractivity contribution in [2.45, 2.75) is 13.3 Å². The van der Waals surface area contributed by atoms with E-state index < -0.39 is 5.82 Å². The molecule has 0 radical (unpaired) electrons. The molecule has 0 N–H and O–H groups in total. The molecule has 2 rings (SSSR count). The van der Waals surface area contributed by atoms with Crippen molar-refractivity contribution in [3.8, 4) is 11.5 Å². The second-order valence-electron chi connectivity index (χ2n) is 3.83. The first-order valence-electron chi connectivity index (χ1n) is 5.66. The molecule has 0 saturated carbocycles. The summed E-state index contributed by atoms with van der Waals surface area (Å²) < 4.78 is 19.0. The van der Waals surface area contributed by atoms with Gasteiger partial charge in [0.15, 0.2) is 17.3 Å². The van der Waals surface area contributed by atoms with Gasteiger partial charge in [0.05, 0.1) is 6.57 Å². The van der Waals surface area contributed by atoms with Crippen LogP contribution in [-0.2, 0) is 6.42 Å². The van der Waals surface area contributed by atoms with Crippen LogP contribution in [0.25, 0.3) is 4.85 Å². The number of nitrogens with zero attached hydrogens (tertiary/aromatic N) is 1. The van der Waals surface area contributed by atoms with Gasteiger partial charge in [0, 0.05) is 0 Å². The van der Waals surface area contributed by atoms with Gasteiger partial charge in [-0.3, -0.25) is 0 Å². The maximum Gasteiger partial charge on any atom is 0.190 e. The molecule has 0 fully saturated rings. The molecule has 0 spiro atoms. The fraction of sp³-hybridized carbons (Fsp3) is 0.133. The Kier molecular flexibility index (Phi) is 3.59. The molecule has 0 bridgehead atoms. The molecule has 0 amide bonds. The number of hydrogen-bond acceptors (Lipinski definition) is 1. The Balaban J connectivity index is 2.20. The lowest BCUT2D eigenvalue weighted by molar-refractivity contribution is 0.442. The Hall–Kier alpha value is -2.34. The predicted octanol–water partition coefficient (Wildman–Crippen LogP) is 4.73. The van der Waals surface area contributed by atoms with Crippen LogP contribution in [0.15, 0.2) is 42.5 Å². The van der Waals surface area contributed by atoms with Crippen molar-refractivity contribution in [2.75, 3.05) is 0 Å². The first-order chi connectivity index (χ1) is 8.72. The Bertz CT molecular complexity index is 584. The molecule has 0 heterocycles. The van der Waals surface area contributed by atoms with Crippen LogP contribution in [0, 0.1) is 12.4 Å². The zero-order chi connectivity index (χ0) is 13.0. The van der Waals surface area contributed by atoms with Gasteiger partial charge < -0.3 is 4.74 Å². The molecule has 18 heavy (non-hydrogen) atoms. The van der Waals surface area contributed by atoms with E-state index in [0.717, 1.165) is 6.42 Å². The summed E-state index contributed by atoms with van der Waals surface area (Å²) in [5, 5.41) is 0. The maximum absolute atomic E-state index is 13.6. The van der Waals surface area contributed by atoms with Gasteiger partial charge >= 0.3 is 0 Å². The molecule has 2 nitrogen and oxygen atoms in total. The second-order valence-corrected chi connectivity index (χ2v) is 3.83. The van der Waals surface area contributed by atoms with E-state index in [-0.39, 0.29) is 11.4 Å². The van der Waals surface area contributed by atoms with Gasteiger partial charge in [0.25, 0.3) is 0 Å². The zero-order valence-electron chi connectivity index (χ0n) is 9.98. The van der Waals surface area contributed by atoms with Gasteiger partial charge in [-0.05, 0) is 36.2 Å². The van der Waals surface area contributed by atoms with Crippen molar-refractivity contribution in [1.29, 1.82) is 0 Å². The Morgan fingerprint density at radius 2 is 1.89 bits per heavy atom. The third kappa shape index (κ3) is 2.67. The van der Waals surface area contributed by atoms with Crippen molar-refractivity contribution in [3.63, 3.8) is 0 Å². The summed E-state index contributed by atoms with van der Waals surface area (Å²) in [5.74, 6) is 0.191. The van der Waals surface area contributed by atoms with E-state index in [1.807, 2.05) is 12.1 Å². The molecular weight excluding hydrogens is 229 g/mol. The number of rotatable bonds is 3. The van der Waals surface area contributed by atoms with Crippen molar-refractivity contribution in [3.05, 3.63) is 65.3 Å². The lowest BCUT2D eigenvalue weighted by Crippen LogP contribution is -1.88. The predicted molar refractivity (Wildman–Crippen MR) is 68.6 cm³/mol. The van der Waals surface area contributed by atoms with Gasteiger partial charge in [-0.2, -0.15) is 0 Å². The van der Waals surface area contributed by atoms with E-state index in [2.05, 4.69) is 11.8 Å². The average molecular weight is 241 g/mol. The van der Waals surface area contributed by atoms with E-state index in [1.165, 1.54) is 23.8 Å². The number of hydrogen-bond donors (Lipinski definition) is 0. The van der Waals surface area contributed by atoms with E-state index >= 15 is 0 Å². The Morgan fingerprint density at radius 1 is 1.17 bits per heavy atom. The third-order valence-corrected chi connectivity index (χ3v) is 2.60. The van der Waals surface area contributed by atoms with Crippen LogP contribution in [0.5, 0.6) is 11.5 Å². The highest BCUT2D eigenvalue weighted by Gasteiger charge is 2.05. The lowest BCUT2D eigenvalue weighted by atomic mass is 10.2. The molecule has 3 heteroatoms. The summed E-state index contributed by atoms with van der Waals surface area (Å²) in [4.78, 5) is 3.16. The van der Waals surface area contributed by atoms with E-state index in [1.54, 1.807) is 12.1 Å². The lowest BCUT2D eigenvalue weighted by Gasteiger charge is -2.07. The first-order valence-corrected chi connectivity index (χ1v) is 5.66. The van der Waals surface area contributed by atoms with Gasteiger partial charge in [-0.25, -0.2) is 9.24 Å². The summed E-state index contributed by atoms with van der Waals surface area (Å²) >= 11 is 0. The maximum atomic E-state index is 13.6. The van der Waals surface area contributed by atoms with E-state index in [4.69, 9.17) is 11.3 Å². The summed E-state index contributed by atoms with van der Waals surface area (Å²) in [6.07, 6.45) is 0.953. The summed E-state index contributed by atoms with van der Waals surface area (Å²) in [6.45, 7) is 8.86. The minimum atomic E-state index is -0.525. The van der Waals surface area contributed by atoms with Gasteiger partial charge in [-0.1, -0.05) is 25.1 Å². The largest absolute Gasteiger partial charge is 0.454 e. The molecule has 2 aromatic carbocycles. The fourth-order valence-corrected chi connectivity index (χ4v) is 1.56. The van der Waals surface area contributed by atoms with Crippen molar-refractivity contribution in [2.24, 2.45) is 0 Å². The smallest absolute Gasteiger partial charge is 0.190 e. The third-order valence-electron chi connectivity index (χ3n) is 2.60. The summed E-state index contributed by atoms with van der Waals surface area (Å²) in [6, 6.07) is 11.7. The molecule has 0 aliphatic carbocycles. The monoisotopic (exact) mass is 241 g/mol. The highest BCUT2D eigenvalue weighted by Crippen LogP contribution is 2.27. The van der Waals surface area contributed by atoms with Crippen molar-refractivity contribution < 1.29 is 9.13 Å². The van der Waals surface area contributed by atoms with Crippen LogP contribution >= 0.6 is 0 Å². The Labute approximate surface area is 105 Å². The molecule has 0 saturated heterocycles. The van der Waals surface area contributed by atoms with E-state index in [9.17, 15) is 4.39 Å². The number of benzene rings is 2. The highest BCUT2D eigenvalue weighted by atomic mass is 19.1. The molecule has 0 unspecified atom stereocenters. The van der Waals surface area contributed by atoms with Gasteiger partial charge in [0.1, 0.15) is 5.75 Å². The molecule has 0 aromatic heterocycles. The zero-order valence-corrected chi connectivity index (χ0v) is 9.98. The summed E-state index contributed by atoms with van der Waals surface area (Å²) in [7, 11) is 0.